The highest BCUT2D eigenvalue weighted by Crippen LogP contribution is 2.27. The normalized spacial score (nSPS) is 15.5. The predicted octanol–water partition coefficient (Wildman–Crippen LogP) is 1.99. The second-order valence-electron chi connectivity index (χ2n) is 5.21. The third kappa shape index (κ3) is 3.67. The van der Waals surface area contributed by atoms with Crippen molar-refractivity contribution in [2.75, 3.05) is 12.0 Å². The van der Waals surface area contributed by atoms with Gasteiger partial charge in [0, 0.05) is 18.4 Å². The summed E-state index contributed by atoms with van der Waals surface area (Å²) in [5.41, 5.74) is 4.49. The van der Waals surface area contributed by atoms with Crippen molar-refractivity contribution in [3.63, 3.8) is 0 Å². The smallest absolute Gasteiger partial charge is 0.255 e. The monoisotopic (exact) mass is 262 g/mol. The lowest BCUT2D eigenvalue weighted by Gasteiger charge is -2.12. The zero-order valence-corrected chi connectivity index (χ0v) is 11.4. The highest BCUT2D eigenvalue weighted by molar-refractivity contribution is 5.99. The van der Waals surface area contributed by atoms with Gasteiger partial charge >= 0.3 is 0 Å². The molecule has 0 bridgehead atoms. The highest BCUT2D eigenvalue weighted by atomic mass is 16.1. The molecule has 5 heteroatoms. The molecular weight excluding hydrogens is 240 g/mol. The molecule has 0 saturated heterocycles. The van der Waals surface area contributed by atoms with Crippen molar-refractivity contribution in [2.24, 2.45) is 11.8 Å². The standard InChI is InChI=1S/C14H22N4O/c1-10-8-13(18-15)12(9-17-10)14(19)16-7-6-11-4-2-3-5-11/h8-9,11H,2-7,15H2,1H3,(H,16,19)(H,17,18). The van der Waals surface area contributed by atoms with Crippen LogP contribution < -0.4 is 16.6 Å². The maximum Gasteiger partial charge on any atom is 0.255 e. The van der Waals surface area contributed by atoms with Gasteiger partial charge in [0.1, 0.15) is 0 Å². The summed E-state index contributed by atoms with van der Waals surface area (Å²) in [5, 5.41) is 2.95. The number of hydrazine groups is 1. The van der Waals surface area contributed by atoms with E-state index in [1.165, 1.54) is 25.7 Å². The molecule has 1 aromatic heterocycles. The second-order valence-corrected chi connectivity index (χ2v) is 5.21. The number of nitrogen functional groups attached to an aromatic ring is 1. The van der Waals surface area contributed by atoms with Crippen LogP contribution in [-0.4, -0.2) is 17.4 Å². The van der Waals surface area contributed by atoms with Gasteiger partial charge < -0.3 is 10.7 Å². The van der Waals surface area contributed by atoms with Crippen LogP contribution in [0, 0.1) is 12.8 Å². The first-order valence-electron chi connectivity index (χ1n) is 6.92. The second kappa shape index (κ2) is 6.52. The molecule has 0 radical (unpaired) electrons. The molecule has 0 spiro atoms. The minimum Gasteiger partial charge on any atom is -0.352 e. The number of nitrogens with zero attached hydrogens (tertiary/aromatic N) is 1. The Balaban J connectivity index is 1.88. The average Bonchev–Trinajstić information content (AvgIpc) is 2.91. The Morgan fingerprint density at radius 1 is 1.47 bits per heavy atom. The average molecular weight is 262 g/mol. The van der Waals surface area contributed by atoms with E-state index in [0.29, 0.717) is 11.3 Å². The van der Waals surface area contributed by atoms with E-state index < -0.39 is 0 Å². The lowest BCUT2D eigenvalue weighted by atomic mass is 10.0. The van der Waals surface area contributed by atoms with Crippen molar-refractivity contribution < 1.29 is 4.79 Å². The molecule has 104 valence electrons. The summed E-state index contributed by atoms with van der Waals surface area (Å²) >= 11 is 0. The van der Waals surface area contributed by atoms with Gasteiger partial charge in [-0.1, -0.05) is 25.7 Å². The third-order valence-corrected chi connectivity index (χ3v) is 3.75. The quantitative estimate of drug-likeness (QED) is 0.560. The number of anilines is 1. The fourth-order valence-electron chi connectivity index (χ4n) is 2.64. The molecule has 0 aromatic carbocycles. The fourth-order valence-corrected chi connectivity index (χ4v) is 2.64. The molecule has 1 heterocycles. The molecular formula is C14H22N4O. The van der Waals surface area contributed by atoms with Gasteiger partial charge in [0.15, 0.2) is 0 Å². The van der Waals surface area contributed by atoms with Crippen LogP contribution >= 0.6 is 0 Å². The van der Waals surface area contributed by atoms with E-state index in [1.54, 1.807) is 12.3 Å². The summed E-state index contributed by atoms with van der Waals surface area (Å²) in [5.74, 6) is 6.10. The number of nitrogens with one attached hydrogen (secondary N) is 2. The number of amides is 1. The number of nitrogens with two attached hydrogens (primary N) is 1. The third-order valence-electron chi connectivity index (χ3n) is 3.75. The van der Waals surface area contributed by atoms with E-state index >= 15 is 0 Å². The first kappa shape index (κ1) is 13.8. The summed E-state index contributed by atoms with van der Waals surface area (Å²) in [6.07, 6.45) is 7.91. The first-order chi connectivity index (χ1) is 9.20. The number of aromatic nitrogens is 1. The van der Waals surface area contributed by atoms with E-state index in [2.05, 4.69) is 15.7 Å². The molecule has 2 rings (SSSR count). The number of rotatable bonds is 5. The summed E-state index contributed by atoms with van der Waals surface area (Å²) in [6, 6.07) is 1.77. The van der Waals surface area contributed by atoms with Crippen LogP contribution in [0.4, 0.5) is 5.69 Å². The number of hydrogen-bond donors (Lipinski definition) is 3. The van der Waals surface area contributed by atoms with Crippen molar-refractivity contribution in [3.05, 3.63) is 23.5 Å². The Hall–Kier alpha value is -1.62. The van der Waals surface area contributed by atoms with Gasteiger partial charge in [-0.25, -0.2) is 0 Å². The van der Waals surface area contributed by atoms with Gasteiger partial charge in [-0.3, -0.25) is 15.6 Å². The first-order valence-corrected chi connectivity index (χ1v) is 6.92. The van der Waals surface area contributed by atoms with E-state index in [9.17, 15) is 4.79 Å². The summed E-state index contributed by atoms with van der Waals surface area (Å²) < 4.78 is 0. The van der Waals surface area contributed by atoms with E-state index in [-0.39, 0.29) is 5.91 Å². The number of hydrogen-bond acceptors (Lipinski definition) is 4. The highest BCUT2D eigenvalue weighted by Gasteiger charge is 2.16. The number of aryl methyl sites for hydroxylation is 1. The Morgan fingerprint density at radius 2 is 2.21 bits per heavy atom. The molecule has 1 aromatic rings. The SMILES string of the molecule is Cc1cc(NN)c(C(=O)NCCC2CCCC2)cn1. The molecule has 0 aliphatic heterocycles. The molecule has 19 heavy (non-hydrogen) atoms. The van der Waals surface area contributed by atoms with Crippen molar-refractivity contribution in [1.29, 1.82) is 0 Å². The van der Waals surface area contributed by atoms with Gasteiger partial charge in [0.05, 0.1) is 11.3 Å². The zero-order valence-electron chi connectivity index (χ0n) is 11.4. The van der Waals surface area contributed by atoms with Gasteiger partial charge in [-0.2, -0.15) is 0 Å². The lowest BCUT2D eigenvalue weighted by Crippen LogP contribution is -2.27. The fraction of sp³-hybridized carbons (Fsp3) is 0.571. The maximum atomic E-state index is 12.1. The summed E-state index contributed by atoms with van der Waals surface area (Å²) in [4.78, 5) is 16.2. The molecule has 0 atom stereocenters. The molecule has 5 nitrogen and oxygen atoms in total. The van der Waals surface area contributed by atoms with Crippen molar-refractivity contribution >= 4 is 11.6 Å². The minimum atomic E-state index is -0.113. The van der Waals surface area contributed by atoms with Crippen molar-refractivity contribution in [1.82, 2.24) is 10.3 Å². The van der Waals surface area contributed by atoms with Crippen LogP contribution in [0.3, 0.4) is 0 Å². The minimum absolute atomic E-state index is 0.113. The number of pyridine rings is 1. The molecule has 1 aliphatic rings. The van der Waals surface area contributed by atoms with E-state index in [1.807, 2.05) is 6.92 Å². The number of carbonyl (C=O) groups is 1. The largest absolute Gasteiger partial charge is 0.352 e. The molecule has 1 saturated carbocycles. The molecule has 1 fully saturated rings. The Bertz CT molecular complexity index is 441. The van der Waals surface area contributed by atoms with Crippen LogP contribution in [0.1, 0.15) is 48.2 Å². The maximum absolute atomic E-state index is 12.1. The van der Waals surface area contributed by atoms with Gasteiger partial charge in [-0.15, -0.1) is 0 Å². The molecule has 1 aliphatic carbocycles. The van der Waals surface area contributed by atoms with Crippen molar-refractivity contribution in [3.8, 4) is 0 Å². The van der Waals surface area contributed by atoms with E-state index in [0.717, 1.165) is 24.6 Å². The van der Waals surface area contributed by atoms with Crippen LogP contribution in [0.5, 0.6) is 0 Å². The number of carbonyl (C=O) groups excluding carboxylic acids is 1. The summed E-state index contributed by atoms with van der Waals surface area (Å²) in [7, 11) is 0. The topological polar surface area (TPSA) is 80.0 Å². The van der Waals surface area contributed by atoms with Crippen molar-refractivity contribution in [2.45, 2.75) is 39.0 Å². The Labute approximate surface area is 114 Å². The van der Waals surface area contributed by atoms with Gasteiger partial charge in [-0.05, 0) is 25.3 Å². The molecule has 1 amide bonds. The zero-order chi connectivity index (χ0) is 13.7. The van der Waals surface area contributed by atoms with Crippen LogP contribution in [0.2, 0.25) is 0 Å². The van der Waals surface area contributed by atoms with Gasteiger partial charge in [0.25, 0.3) is 5.91 Å². The Kier molecular flexibility index (Phi) is 4.74. The van der Waals surface area contributed by atoms with Gasteiger partial charge in [0.2, 0.25) is 0 Å². The van der Waals surface area contributed by atoms with Crippen LogP contribution in [0.15, 0.2) is 12.3 Å². The lowest BCUT2D eigenvalue weighted by molar-refractivity contribution is 0.0952. The predicted molar refractivity (Wildman–Crippen MR) is 75.7 cm³/mol. The van der Waals surface area contributed by atoms with E-state index in [4.69, 9.17) is 5.84 Å². The molecule has 0 unspecified atom stereocenters. The summed E-state index contributed by atoms with van der Waals surface area (Å²) in [6.45, 7) is 2.59. The van der Waals surface area contributed by atoms with Crippen LogP contribution in [0.25, 0.3) is 0 Å². The molecule has 4 N–H and O–H groups in total. The van der Waals surface area contributed by atoms with Crippen LogP contribution in [-0.2, 0) is 0 Å². The Morgan fingerprint density at radius 3 is 2.89 bits per heavy atom.